The van der Waals surface area contributed by atoms with Crippen LogP contribution in [0.25, 0.3) is 0 Å². The molecule has 0 bridgehead atoms. The third-order valence-corrected chi connectivity index (χ3v) is 0.289. The van der Waals surface area contributed by atoms with Gasteiger partial charge in [-0.2, -0.15) is 0 Å². The monoisotopic (exact) mass is 266 g/mol. The summed E-state index contributed by atoms with van der Waals surface area (Å²) in [6, 6.07) is 0. The van der Waals surface area contributed by atoms with Crippen molar-refractivity contribution < 1.29 is 0 Å². The Kier molecular flexibility index (Phi) is 251. The topological polar surface area (TPSA) is 0 Å². The highest BCUT2D eigenvalue weighted by Gasteiger charge is 1.45. The van der Waals surface area contributed by atoms with E-state index in [2.05, 4.69) is 46.4 Å². The van der Waals surface area contributed by atoms with Gasteiger partial charge in [-0.05, 0) is 41.0 Å². The van der Waals surface area contributed by atoms with Crippen LogP contribution in [0.1, 0.15) is 48.0 Å². The fraction of sp³-hybridized carbons (Fsp3) is 0.368. The molecule has 19 heavy (non-hydrogen) atoms. The second-order valence-corrected chi connectivity index (χ2v) is 2.74. The smallest absolute Gasteiger partial charge is 0.0382 e. The fourth-order valence-electron chi connectivity index (χ4n) is 0. The van der Waals surface area contributed by atoms with Gasteiger partial charge < -0.3 is 0 Å². The van der Waals surface area contributed by atoms with E-state index in [1.54, 1.807) is 30.4 Å². The maximum atomic E-state index is 3.48. The molecule has 0 heterocycles. The Balaban J connectivity index is -0.0000000268. The first kappa shape index (κ1) is 36.0. The Morgan fingerprint density at radius 3 is 0.579 bits per heavy atom. The highest BCUT2D eigenvalue weighted by molar-refractivity contribution is 4.60. The predicted molar refractivity (Wildman–Crippen MR) is 99.8 cm³/mol. The van der Waals surface area contributed by atoms with Gasteiger partial charge in [0, 0.05) is 0 Å². The van der Waals surface area contributed by atoms with Gasteiger partial charge >= 0.3 is 0 Å². The molecule has 0 spiro atoms. The van der Waals surface area contributed by atoms with Crippen LogP contribution in [-0.4, -0.2) is 0 Å². The van der Waals surface area contributed by atoms with Crippen molar-refractivity contribution >= 4 is 0 Å². The Labute approximate surface area is 124 Å². The lowest BCUT2D eigenvalue weighted by Crippen LogP contribution is -1.36. The lowest BCUT2D eigenvalue weighted by molar-refractivity contribution is 1.23. The van der Waals surface area contributed by atoms with Gasteiger partial charge in [-0.1, -0.05) is 43.4 Å². The Morgan fingerprint density at radius 2 is 0.579 bits per heavy atom. The van der Waals surface area contributed by atoms with Crippen molar-refractivity contribution in [2.24, 2.45) is 0 Å². The third kappa shape index (κ3) is 10900. The quantitative estimate of drug-likeness (QED) is 0.430. The minimum atomic E-state index is 1.08. The standard InChI is InChI=1S/C4H8.5C3H6/c1-3-4-2;5*1-3-2/h3H,1,4H2,2H3;5*3H,1H2,2H3. The molecular formula is C19H38. The van der Waals surface area contributed by atoms with Gasteiger partial charge in [0.15, 0.2) is 0 Å². The highest BCUT2D eigenvalue weighted by atomic mass is 13.5. The highest BCUT2D eigenvalue weighted by Crippen LogP contribution is 1.66. The lowest BCUT2D eigenvalue weighted by Gasteiger charge is -1.57. The summed E-state index contributed by atoms with van der Waals surface area (Å²) in [5, 5.41) is 0. The molecule has 0 aliphatic carbocycles. The van der Waals surface area contributed by atoms with E-state index in [0.29, 0.717) is 0 Å². The van der Waals surface area contributed by atoms with Crippen LogP contribution in [0.2, 0.25) is 0 Å². The van der Waals surface area contributed by atoms with Crippen LogP contribution in [0.4, 0.5) is 0 Å². The third-order valence-electron chi connectivity index (χ3n) is 0.289. The maximum absolute atomic E-state index is 3.48. The predicted octanol–water partition coefficient (Wildman–Crippen LogP) is 7.54. The Morgan fingerprint density at radius 1 is 0.526 bits per heavy atom. The van der Waals surface area contributed by atoms with Gasteiger partial charge in [0.2, 0.25) is 0 Å². The van der Waals surface area contributed by atoms with E-state index in [1.807, 2.05) is 40.7 Å². The van der Waals surface area contributed by atoms with Crippen molar-refractivity contribution in [2.75, 3.05) is 0 Å². The normalized spacial score (nSPS) is 4.74. The Hall–Kier alpha value is -1.56. The molecule has 0 aromatic carbocycles. The molecule has 0 aromatic rings. The van der Waals surface area contributed by atoms with Crippen molar-refractivity contribution in [3.05, 3.63) is 75.9 Å². The van der Waals surface area contributed by atoms with Gasteiger partial charge in [0.25, 0.3) is 0 Å². The number of hydrogen-bond acceptors (Lipinski definition) is 0. The molecule has 0 atom stereocenters. The molecule has 0 saturated carbocycles. The molecule has 0 aromatic heterocycles. The number of hydrogen-bond donors (Lipinski definition) is 0. The first-order valence-corrected chi connectivity index (χ1v) is 6.45. The van der Waals surface area contributed by atoms with Gasteiger partial charge in [0.05, 0.1) is 0 Å². The first-order valence-electron chi connectivity index (χ1n) is 6.45. The minimum absolute atomic E-state index is 1.08. The maximum Gasteiger partial charge on any atom is -0.0382 e. The molecule has 0 saturated heterocycles. The molecular weight excluding hydrogens is 228 g/mol. The summed E-state index contributed by atoms with van der Waals surface area (Å²) in [5.41, 5.74) is 0. The van der Waals surface area contributed by atoms with E-state index in [-0.39, 0.29) is 0 Å². The van der Waals surface area contributed by atoms with Crippen LogP contribution >= 0.6 is 0 Å². The molecule has 0 aliphatic rings. The molecule has 114 valence electrons. The minimum Gasteiger partial charge on any atom is -0.103 e. The largest absolute Gasteiger partial charge is 0.103 e. The first-order chi connectivity index (χ1) is 8.99. The van der Waals surface area contributed by atoms with Crippen molar-refractivity contribution in [3.8, 4) is 0 Å². The van der Waals surface area contributed by atoms with E-state index in [1.165, 1.54) is 0 Å². The average molecular weight is 267 g/mol. The second-order valence-electron chi connectivity index (χ2n) is 2.74. The number of rotatable bonds is 1. The lowest BCUT2D eigenvalue weighted by atomic mass is 10.5. The van der Waals surface area contributed by atoms with Crippen molar-refractivity contribution in [2.45, 2.75) is 48.0 Å². The van der Waals surface area contributed by atoms with Crippen LogP contribution in [-0.2, 0) is 0 Å². The summed E-state index contributed by atoms with van der Waals surface area (Å²) >= 11 is 0. The van der Waals surface area contributed by atoms with E-state index >= 15 is 0 Å². The van der Waals surface area contributed by atoms with E-state index in [4.69, 9.17) is 0 Å². The van der Waals surface area contributed by atoms with Gasteiger partial charge in [-0.15, -0.1) is 39.5 Å². The molecule has 0 N–H and O–H groups in total. The molecule has 0 heteroatoms. The number of allylic oxidation sites excluding steroid dienone is 6. The van der Waals surface area contributed by atoms with Crippen LogP contribution in [0.5, 0.6) is 0 Å². The summed E-state index contributed by atoms with van der Waals surface area (Å²) in [7, 11) is 0. The molecule has 0 aliphatic heterocycles. The van der Waals surface area contributed by atoms with Crippen LogP contribution < -0.4 is 0 Å². The summed E-state index contributed by atoms with van der Waals surface area (Å²) in [6.45, 7) is 31.8. The average Bonchev–Trinajstić information content (AvgIpc) is 2.34. The van der Waals surface area contributed by atoms with Crippen molar-refractivity contribution in [1.82, 2.24) is 0 Å². The van der Waals surface area contributed by atoms with E-state index in [0.717, 1.165) is 6.42 Å². The van der Waals surface area contributed by atoms with Gasteiger partial charge in [-0.3, -0.25) is 0 Å². The van der Waals surface area contributed by atoms with Crippen molar-refractivity contribution in [3.63, 3.8) is 0 Å². The molecule has 0 unspecified atom stereocenters. The van der Waals surface area contributed by atoms with Crippen LogP contribution in [0, 0.1) is 0 Å². The van der Waals surface area contributed by atoms with E-state index < -0.39 is 0 Å². The SMILES string of the molecule is C=CC.C=CC.C=CC.C=CC.C=CC.C=CCC. The Bertz CT molecular complexity index is 115. The molecule has 0 fully saturated rings. The van der Waals surface area contributed by atoms with Crippen LogP contribution in [0.3, 0.4) is 0 Å². The summed E-state index contributed by atoms with van der Waals surface area (Å²) in [4.78, 5) is 0. The van der Waals surface area contributed by atoms with Gasteiger partial charge in [-0.25, -0.2) is 0 Å². The summed E-state index contributed by atoms with van der Waals surface area (Å²) < 4.78 is 0. The molecule has 0 amide bonds. The zero-order chi connectivity index (χ0) is 16.9. The molecule has 0 nitrogen and oxygen atoms in total. The fourth-order valence-corrected chi connectivity index (χ4v) is 0. The summed E-state index contributed by atoms with van der Waals surface area (Å²) in [5.74, 6) is 0. The zero-order valence-electron chi connectivity index (χ0n) is 14.4. The molecule has 0 rings (SSSR count). The van der Waals surface area contributed by atoms with Crippen LogP contribution in [0.15, 0.2) is 75.9 Å². The van der Waals surface area contributed by atoms with Gasteiger partial charge in [0.1, 0.15) is 0 Å². The zero-order valence-corrected chi connectivity index (χ0v) is 14.4. The summed E-state index contributed by atoms with van der Waals surface area (Å²) in [6.07, 6.45) is 11.7. The second kappa shape index (κ2) is 132. The molecule has 0 radical (unpaired) electrons. The van der Waals surface area contributed by atoms with E-state index in [9.17, 15) is 0 Å². The van der Waals surface area contributed by atoms with Crippen molar-refractivity contribution in [1.29, 1.82) is 0 Å².